The van der Waals surface area contributed by atoms with Crippen molar-refractivity contribution in [1.82, 2.24) is 5.32 Å². The Morgan fingerprint density at radius 2 is 1.29 bits per heavy atom. The van der Waals surface area contributed by atoms with Gasteiger partial charge >= 0.3 is 0 Å². The van der Waals surface area contributed by atoms with E-state index in [9.17, 15) is 4.79 Å². The van der Waals surface area contributed by atoms with Gasteiger partial charge in [-0.15, -0.1) is 0 Å². The highest BCUT2D eigenvalue weighted by Gasteiger charge is 2.33. The zero-order chi connectivity index (χ0) is 22.6. The molecule has 1 amide bonds. The lowest BCUT2D eigenvalue weighted by molar-refractivity contribution is -0.122. The molecule has 0 aromatic carbocycles. The highest BCUT2D eigenvalue weighted by atomic mass is 16.5. The third-order valence-corrected chi connectivity index (χ3v) is 6.47. The van der Waals surface area contributed by atoms with Crippen molar-refractivity contribution >= 4 is 13.8 Å². The van der Waals surface area contributed by atoms with Crippen molar-refractivity contribution in [3.63, 3.8) is 0 Å². The third-order valence-electron chi connectivity index (χ3n) is 6.47. The summed E-state index contributed by atoms with van der Waals surface area (Å²) in [6.45, 7) is 2.75. The van der Waals surface area contributed by atoms with Gasteiger partial charge in [-0.1, -0.05) is 110 Å². The quantitative estimate of drug-likeness (QED) is 0.167. The van der Waals surface area contributed by atoms with Gasteiger partial charge in [0.05, 0.1) is 12.6 Å². The Morgan fingerprint density at radius 3 is 1.74 bits per heavy atom. The molecule has 4 nitrogen and oxygen atoms in total. The molecule has 1 heterocycles. The molecule has 0 aliphatic carbocycles. The van der Waals surface area contributed by atoms with Crippen molar-refractivity contribution in [3.05, 3.63) is 0 Å². The summed E-state index contributed by atoms with van der Waals surface area (Å²) in [4.78, 5) is 12.2. The fourth-order valence-corrected chi connectivity index (χ4v) is 4.54. The van der Waals surface area contributed by atoms with Gasteiger partial charge in [-0.05, 0) is 12.8 Å². The van der Waals surface area contributed by atoms with Crippen LogP contribution in [0.3, 0.4) is 0 Å². The van der Waals surface area contributed by atoms with Crippen LogP contribution < -0.4 is 5.32 Å². The van der Waals surface area contributed by atoms with Gasteiger partial charge in [0, 0.05) is 19.5 Å². The molecule has 5 heteroatoms. The minimum absolute atomic E-state index is 0.0201. The molecule has 1 aliphatic heterocycles. The fourth-order valence-electron chi connectivity index (χ4n) is 4.54. The molecule has 3 atom stereocenters. The molecule has 0 aromatic heterocycles. The van der Waals surface area contributed by atoms with Crippen LogP contribution in [0.15, 0.2) is 0 Å². The number of methoxy groups -OCH3 is 1. The lowest BCUT2D eigenvalue weighted by atomic mass is 9.95. The number of amides is 1. The van der Waals surface area contributed by atoms with E-state index in [1.807, 2.05) is 0 Å². The second-order valence-electron chi connectivity index (χ2n) is 9.48. The van der Waals surface area contributed by atoms with Crippen LogP contribution in [0.5, 0.6) is 0 Å². The zero-order valence-electron chi connectivity index (χ0n) is 20.7. The minimum Gasteiger partial charge on any atom is -0.382 e. The van der Waals surface area contributed by atoms with Crippen LogP contribution in [0.4, 0.5) is 0 Å². The maximum absolute atomic E-state index is 12.2. The summed E-state index contributed by atoms with van der Waals surface area (Å²) < 4.78 is 10.7. The van der Waals surface area contributed by atoms with Gasteiger partial charge in [-0.25, -0.2) is 0 Å². The van der Waals surface area contributed by atoms with Crippen LogP contribution in [-0.2, 0) is 14.3 Å². The molecule has 1 fully saturated rings. The van der Waals surface area contributed by atoms with Crippen molar-refractivity contribution in [1.29, 1.82) is 0 Å². The van der Waals surface area contributed by atoms with Gasteiger partial charge in [0.25, 0.3) is 0 Å². The lowest BCUT2D eigenvalue weighted by Crippen LogP contribution is -2.42. The number of rotatable bonds is 21. The molecule has 1 saturated heterocycles. The third kappa shape index (κ3) is 15.8. The number of carbonyl (C=O) groups excluding carboxylic acids is 1. The summed E-state index contributed by atoms with van der Waals surface area (Å²) in [5.74, 6) is 0.116. The smallest absolute Gasteiger partial charge is 0.220 e. The molecule has 0 aromatic rings. The van der Waals surface area contributed by atoms with E-state index in [-0.39, 0.29) is 24.1 Å². The average Bonchev–Trinajstić information content (AvgIpc) is 3.09. The van der Waals surface area contributed by atoms with Crippen LogP contribution in [0.25, 0.3) is 0 Å². The number of nitrogens with one attached hydrogen (secondary N) is 1. The van der Waals surface area contributed by atoms with Crippen LogP contribution in [0, 0.1) is 0 Å². The molecule has 1 aliphatic rings. The number of carbonyl (C=O) groups is 1. The van der Waals surface area contributed by atoms with Gasteiger partial charge in [-0.3, -0.25) is 4.79 Å². The summed E-state index contributed by atoms with van der Waals surface area (Å²) in [7, 11) is 7.48. The van der Waals surface area contributed by atoms with E-state index >= 15 is 0 Å². The Hall–Kier alpha value is -0.545. The van der Waals surface area contributed by atoms with Gasteiger partial charge < -0.3 is 14.8 Å². The average molecular weight is 436 g/mol. The van der Waals surface area contributed by atoms with Crippen LogP contribution >= 0.6 is 0 Å². The molecule has 0 bridgehead atoms. The molecule has 0 saturated carbocycles. The zero-order valence-corrected chi connectivity index (χ0v) is 20.7. The molecule has 1 rings (SSSR count). The van der Waals surface area contributed by atoms with E-state index in [2.05, 4.69) is 12.2 Å². The van der Waals surface area contributed by atoms with Crippen molar-refractivity contribution < 1.29 is 14.3 Å². The summed E-state index contributed by atoms with van der Waals surface area (Å²) in [5, 5.41) is 3.07. The summed E-state index contributed by atoms with van der Waals surface area (Å²) in [5.41, 5.74) is 0. The first-order valence-corrected chi connectivity index (χ1v) is 13.4. The van der Waals surface area contributed by atoms with E-state index in [0.29, 0.717) is 19.4 Å². The van der Waals surface area contributed by atoms with Crippen LogP contribution in [-0.4, -0.2) is 45.6 Å². The first-order valence-electron chi connectivity index (χ1n) is 13.4. The number of hydrogen-bond acceptors (Lipinski definition) is 3. The van der Waals surface area contributed by atoms with Crippen molar-refractivity contribution in [3.8, 4) is 0 Å². The van der Waals surface area contributed by atoms with Gasteiger partial charge in [0.1, 0.15) is 14.0 Å². The Kier molecular flexibility index (Phi) is 18.5. The lowest BCUT2D eigenvalue weighted by Gasteiger charge is -2.19. The first kappa shape index (κ1) is 28.5. The highest BCUT2D eigenvalue weighted by Crippen LogP contribution is 2.19. The number of ether oxygens (including phenoxy) is 2. The SMILES string of the molecule is [B][C@H]1CC(NC(=O)CCCCCCCCCCCCCCCCCCC)[C@@H](COC)O1. The van der Waals surface area contributed by atoms with E-state index in [1.165, 1.54) is 96.3 Å². The Labute approximate surface area is 194 Å². The molecule has 2 radical (unpaired) electrons. The predicted molar refractivity (Wildman–Crippen MR) is 132 cm³/mol. The van der Waals surface area contributed by atoms with Crippen LogP contribution in [0.1, 0.15) is 129 Å². The highest BCUT2D eigenvalue weighted by molar-refractivity contribution is 6.11. The maximum Gasteiger partial charge on any atom is 0.220 e. The first-order chi connectivity index (χ1) is 15.2. The maximum atomic E-state index is 12.2. The number of hydrogen-bond donors (Lipinski definition) is 1. The van der Waals surface area contributed by atoms with Crippen molar-refractivity contribution in [2.24, 2.45) is 0 Å². The van der Waals surface area contributed by atoms with Crippen molar-refractivity contribution in [2.45, 2.75) is 147 Å². The molecular formula is C26H50BNO3. The Bertz CT molecular complexity index is 421. The summed E-state index contributed by atoms with van der Waals surface area (Å²) in [6, 6.07) is -0.320. The van der Waals surface area contributed by atoms with E-state index in [0.717, 1.165) is 12.8 Å². The van der Waals surface area contributed by atoms with Crippen LogP contribution in [0.2, 0.25) is 0 Å². The molecule has 180 valence electrons. The van der Waals surface area contributed by atoms with E-state index in [4.69, 9.17) is 17.3 Å². The Balaban J connectivity index is 1.82. The standard InChI is InChI=1S/C26H50BNO3/c1-3-4-5-6-7-8-9-10-11-12-13-14-15-16-17-18-19-20-26(29)28-23-21-25(27)31-24(23)22-30-2/h23-25H,3-22H2,1-2H3,(H,28,29)/t23?,24-,25-/m1/s1. The minimum atomic E-state index is -0.300. The van der Waals surface area contributed by atoms with E-state index in [1.54, 1.807) is 7.11 Å². The number of unbranched alkanes of at least 4 members (excludes halogenated alkanes) is 16. The molecule has 1 unspecified atom stereocenters. The second kappa shape index (κ2) is 20.1. The van der Waals surface area contributed by atoms with Gasteiger partial charge in [0.2, 0.25) is 5.91 Å². The summed E-state index contributed by atoms with van der Waals surface area (Å²) >= 11 is 0. The van der Waals surface area contributed by atoms with Crippen molar-refractivity contribution in [2.75, 3.05) is 13.7 Å². The Morgan fingerprint density at radius 1 is 0.839 bits per heavy atom. The van der Waals surface area contributed by atoms with Gasteiger partial charge in [0.15, 0.2) is 0 Å². The predicted octanol–water partition coefficient (Wildman–Crippen LogP) is 6.44. The summed E-state index contributed by atoms with van der Waals surface area (Å²) in [6.07, 6.45) is 24.2. The second-order valence-corrected chi connectivity index (χ2v) is 9.48. The molecule has 1 N–H and O–H groups in total. The normalized spacial score (nSPS) is 20.9. The monoisotopic (exact) mass is 435 g/mol. The molecular weight excluding hydrogens is 385 g/mol. The topological polar surface area (TPSA) is 47.6 Å². The fraction of sp³-hybridized carbons (Fsp3) is 0.962. The van der Waals surface area contributed by atoms with Gasteiger partial charge in [-0.2, -0.15) is 0 Å². The molecule has 0 spiro atoms. The molecule has 31 heavy (non-hydrogen) atoms. The largest absolute Gasteiger partial charge is 0.382 e. The van der Waals surface area contributed by atoms with E-state index < -0.39 is 0 Å².